The molecule has 22 heavy (non-hydrogen) atoms. The summed E-state index contributed by atoms with van der Waals surface area (Å²) in [5.41, 5.74) is 3.67. The standard InChI is InChI=1S/C19H32N2O/c1-14(2)16-8-7-9-17(15(3)4)18(16)21-11-10-20(13-21)12-19(5,6)22/h7-9,14-15,22H,10-13H2,1-6H3. The fourth-order valence-corrected chi connectivity index (χ4v) is 3.38. The summed E-state index contributed by atoms with van der Waals surface area (Å²) >= 11 is 0. The zero-order valence-electron chi connectivity index (χ0n) is 15.1. The van der Waals surface area contributed by atoms with Gasteiger partial charge in [0.15, 0.2) is 0 Å². The number of hydrogen-bond acceptors (Lipinski definition) is 3. The lowest BCUT2D eigenvalue weighted by Gasteiger charge is -2.29. The van der Waals surface area contributed by atoms with E-state index in [4.69, 9.17) is 0 Å². The zero-order valence-corrected chi connectivity index (χ0v) is 15.1. The van der Waals surface area contributed by atoms with Gasteiger partial charge in [-0.05, 0) is 36.8 Å². The third-order valence-electron chi connectivity index (χ3n) is 4.33. The molecule has 0 amide bonds. The molecule has 3 nitrogen and oxygen atoms in total. The molecule has 1 saturated heterocycles. The Labute approximate surface area is 135 Å². The Morgan fingerprint density at radius 2 is 1.59 bits per heavy atom. The van der Waals surface area contributed by atoms with E-state index < -0.39 is 5.60 Å². The second kappa shape index (κ2) is 6.59. The van der Waals surface area contributed by atoms with E-state index in [9.17, 15) is 5.11 Å². The van der Waals surface area contributed by atoms with Gasteiger partial charge in [0.05, 0.1) is 12.3 Å². The van der Waals surface area contributed by atoms with Crippen LogP contribution in [0.4, 0.5) is 5.69 Å². The molecule has 124 valence electrons. The first kappa shape index (κ1) is 17.3. The molecule has 1 N–H and O–H groups in total. The molecule has 0 aromatic heterocycles. The van der Waals surface area contributed by atoms with Crippen molar-refractivity contribution >= 4 is 5.69 Å². The van der Waals surface area contributed by atoms with Crippen LogP contribution in [0.5, 0.6) is 0 Å². The number of anilines is 1. The Hall–Kier alpha value is -1.06. The van der Waals surface area contributed by atoms with Crippen LogP contribution in [0.15, 0.2) is 18.2 Å². The van der Waals surface area contributed by atoms with Gasteiger partial charge in [-0.25, -0.2) is 0 Å². The number of para-hydroxylation sites is 1. The molecular formula is C19H32N2O. The molecule has 1 aliphatic heterocycles. The molecule has 0 radical (unpaired) electrons. The smallest absolute Gasteiger partial charge is 0.0718 e. The molecule has 1 aromatic carbocycles. The maximum Gasteiger partial charge on any atom is 0.0718 e. The van der Waals surface area contributed by atoms with Crippen molar-refractivity contribution < 1.29 is 5.11 Å². The van der Waals surface area contributed by atoms with Crippen molar-refractivity contribution in [2.75, 3.05) is 31.2 Å². The van der Waals surface area contributed by atoms with E-state index in [2.05, 4.69) is 55.7 Å². The van der Waals surface area contributed by atoms with Gasteiger partial charge in [-0.2, -0.15) is 0 Å². The van der Waals surface area contributed by atoms with Crippen LogP contribution in [0, 0.1) is 0 Å². The van der Waals surface area contributed by atoms with Gasteiger partial charge < -0.3 is 10.0 Å². The van der Waals surface area contributed by atoms with E-state index in [1.54, 1.807) is 0 Å². The number of hydrogen-bond donors (Lipinski definition) is 1. The van der Waals surface area contributed by atoms with E-state index in [0.29, 0.717) is 11.8 Å². The first-order valence-corrected chi connectivity index (χ1v) is 8.51. The number of aliphatic hydroxyl groups is 1. The van der Waals surface area contributed by atoms with Crippen LogP contribution in [0.25, 0.3) is 0 Å². The summed E-state index contributed by atoms with van der Waals surface area (Å²) in [5, 5.41) is 10.1. The number of rotatable bonds is 5. The quantitative estimate of drug-likeness (QED) is 0.896. The molecule has 0 aliphatic carbocycles. The molecule has 0 bridgehead atoms. The first-order valence-electron chi connectivity index (χ1n) is 8.51. The monoisotopic (exact) mass is 304 g/mol. The molecule has 1 fully saturated rings. The van der Waals surface area contributed by atoms with Crippen molar-refractivity contribution in [1.82, 2.24) is 4.90 Å². The molecule has 0 atom stereocenters. The topological polar surface area (TPSA) is 26.7 Å². The SMILES string of the molecule is CC(C)c1cccc(C(C)C)c1N1CCN(CC(C)(C)O)C1. The Morgan fingerprint density at radius 1 is 1.05 bits per heavy atom. The van der Waals surface area contributed by atoms with Crippen LogP contribution in [-0.4, -0.2) is 41.9 Å². The minimum atomic E-state index is -0.631. The molecule has 2 rings (SSSR count). The summed E-state index contributed by atoms with van der Waals surface area (Å²) in [6, 6.07) is 6.73. The molecule has 3 heteroatoms. The van der Waals surface area contributed by atoms with Gasteiger partial charge in [-0.3, -0.25) is 4.90 Å². The summed E-state index contributed by atoms with van der Waals surface area (Å²) in [6.45, 7) is 16.6. The van der Waals surface area contributed by atoms with E-state index in [1.165, 1.54) is 16.8 Å². The molecular weight excluding hydrogens is 272 g/mol. The molecule has 1 heterocycles. The van der Waals surface area contributed by atoms with Crippen LogP contribution in [0.1, 0.15) is 64.5 Å². The molecule has 0 spiro atoms. The lowest BCUT2D eigenvalue weighted by atomic mass is 9.92. The predicted octanol–water partition coefficient (Wildman–Crippen LogP) is 3.78. The Morgan fingerprint density at radius 3 is 2.05 bits per heavy atom. The van der Waals surface area contributed by atoms with Gasteiger partial charge in [-0.1, -0.05) is 45.9 Å². The summed E-state index contributed by atoms with van der Waals surface area (Å²) < 4.78 is 0. The van der Waals surface area contributed by atoms with Crippen molar-refractivity contribution in [2.45, 2.75) is 59.0 Å². The lowest BCUT2D eigenvalue weighted by molar-refractivity contribution is 0.0443. The van der Waals surface area contributed by atoms with Gasteiger partial charge in [0.2, 0.25) is 0 Å². The highest BCUT2D eigenvalue weighted by Crippen LogP contribution is 2.36. The maximum absolute atomic E-state index is 10.1. The second-order valence-electron chi connectivity index (χ2n) is 7.86. The molecule has 1 aromatic rings. The van der Waals surface area contributed by atoms with E-state index in [0.717, 1.165) is 26.3 Å². The van der Waals surface area contributed by atoms with Crippen molar-refractivity contribution in [3.05, 3.63) is 29.3 Å². The first-order chi connectivity index (χ1) is 10.2. The fourth-order valence-electron chi connectivity index (χ4n) is 3.38. The van der Waals surface area contributed by atoms with Crippen LogP contribution in [0.2, 0.25) is 0 Å². The Kier molecular flexibility index (Phi) is 5.18. The van der Waals surface area contributed by atoms with Crippen LogP contribution in [-0.2, 0) is 0 Å². The highest BCUT2D eigenvalue weighted by molar-refractivity contribution is 5.62. The highest BCUT2D eigenvalue weighted by atomic mass is 16.3. The summed E-state index contributed by atoms with van der Waals surface area (Å²) in [6.07, 6.45) is 0. The van der Waals surface area contributed by atoms with Crippen LogP contribution in [0.3, 0.4) is 0 Å². The van der Waals surface area contributed by atoms with Crippen LogP contribution >= 0.6 is 0 Å². The average molecular weight is 304 g/mol. The predicted molar refractivity (Wildman–Crippen MR) is 94.7 cm³/mol. The second-order valence-corrected chi connectivity index (χ2v) is 7.86. The summed E-state index contributed by atoms with van der Waals surface area (Å²) in [4.78, 5) is 4.84. The van der Waals surface area contributed by atoms with Gasteiger partial charge in [0.25, 0.3) is 0 Å². The van der Waals surface area contributed by atoms with E-state index >= 15 is 0 Å². The normalized spacial score (nSPS) is 17.0. The van der Waals surface area contributed by atoms with Gasteiger partial charge >= 0.3 is 0 Å². The van der Waals surface area contributed by atoms with Crippen molar-refractivity contribution in [3.63, 3.8) is 0 Å². The van der Waals surface area contributed by atoms with Crippen molar-refractivity contribution in [3.8, 4) is 0 Å². The maximum atomic E-state index is 10.1. The third-order valence-corrected chi connectivity index (χ3v) is 4.33. The Bertz CT molecular complexity index is 476. The lowest BCUT2D eigenvalue weighted by Crippen LogP contribution is -2.38. The fraction of sp³-hybridized carbons (Fsp3) is 0.684. The van der Waals surface area contributed by atoms with Crippen molar-refractivity contribution in [1.29, 1.82) is 0 Å². The third kappa shape index (κ3) is 4.02. The minimum Gasteiger partial charge on any atom is -0.389 e. The van der Waals surface area contributed by atoms with Gasteiger partial charge in [-0.15, -0.1) is 0 Å². The molecule has 0 unspecified atom stereocenters. The largest absolute Gasteiger partial charge is 0.389 e. The Balaban J connectivity index is 2.28. The van der Waals surface area contributed by atoms with Gasteiger partial charge in [0.1, 0.15) is 0 Å². The van der Waals surface area contributed by atoms with Gasteiger partial charge in [0, 0.05) is 25.3 Å². The zero-order chi connectivity index (χ0) is 16.5. The van der Waals surface area contributed by atoms with E-state index in [-0.39, 0.29) is 0 Å². The van der Waals surface area contributed by atoms with E-state index in [1.807, 2.05) is 13.8 Å². The van der Waals surface area contributed by atoms with Crippen LogP contribution < -0.4 is 4.90 Å². The average Bonchev–Trinajstić information content (AvgIpc) is 2.83. The highest BCUT2D eigenvalue weighted by Gasteiger charge is 2.28. The summed E-state index contributed by atoms with van der Waals surface area (Å²) in [5.74, 6) is 1.05. The summed E-state index contributed by atoms with van der Waals surface area (Å²) in [7, 11) is 0. The number of benzene rings is 1. The van der Waals surface area contributed by atoms with Crippen molar-refractivity contribution in [2.24, 2.45) is 0 Å². The molecule has 1 aliphatic rings. The number of nitrogens with zero attached hydrogens (tertiary/aromatic N) is 2. The molecule has 0 saturated carbocycles. The number of β-amino-alcohol motifs (C(OH)–C–C–N with tert-alkyl or cyclic N) is 1. The minimum absolute atomic E-state index is 0.525.